The summed E-state index contributed by atoms with van der Waals surface area (Å²) in [6, 6.07) is 37.4. The number of nitrogens with zero attached hydrogens (tertiary/aromatic N) is 3. The summed E-state index contributed by atoms with van der Waals surface area (Å²) in [4.78, 5) is 10.9. The van der Waals surface area contributed by atoms with Crippen molar-refractivity contribution in [3.05, 3.63) is 121 Å². The van der Waals surface area contributed by atoms with E-state index in [0.29, 0.717) is 24.7 Å². The van der Waals surface area contributed by atoms with Crippen molar-refractivity contribution in [1.29, 1.82) is 0 Å². The molecule has 0 bridgehead atoms. The first kappa shape index (κ1) is 31.2. The molecule has 230 valence electrons. The molecule has 44 heavy (non-hydrogen) atoms. The van der Waals surface area contributed by atoms with E-state index in [-0.39, 0.29) is 6.17 Å². The Bertz CT molecular complexity index is 1450. The molecular weight excluding hydrogens is 568 g/mol. The van der Waals surface area contributed by atoms with Crippen LogP contribution in [0.25, 0.3) is 0 Å². The third-order valence-electron chi connectivity index (χ3n) is 8.22. The smallest absolute Gasteiger partial charge is 0.197 e. The molecule has 6 nitrogen and oxygen atoms in total. The van der Waals surface area contributed by atoms with Crippen LogP contribution in [-0.4, -0.2) is 43.7 Å². The second kappa shape index (κ2) is 14.0. The first-order chi connectivity index (χ1) is 21.4. The summed E-state index contributed by atoms with van der Waals surface area (Å²) in [5.74, 6) is 1.85. The molecule has 8 heteroatoms. The van der Waals surface area contributed by atoms with Crippen LogP contribution < -0.4 is 31.7 Å². The van der Waals surface area contributed by atoms with Crippen LogP contribution in [-0.2, 0) is 0 Å². The Morgan fingerprint density at radius 3 is 1.73 bits per heavy atom. The number of aliphatic imine (C=N–C) groups is 2. The molecule has 0 saturated carbocycles. The average Bonchev–Trinajstić information content (AvgIpc) is 3.07. The molecule has 0 amide bonds. The second-order valence-corrected chi connectivity index (χ2v) is 15.8. The topological polar surface area (TPSA) is 75.2 Å². The van der Waals surface area contributed by atoms with Gasteiger partial charge in [0.15, 0.2) is 12.1 Å². The zero-order valence-electron chi connectivity index (χ0n) is 25.6. The number of guanidine groups is 2. The number of unbranched alkanes of at least 4 members (excludes halogenated alkanes) is 4. The Morgan fingerprint density at radius 1 is 0.705 bits per heavy atom. The molecular formula is C36H43FN5OP. The number of rotatable bonds is 13. The maximum absolute atomic E-state index is 18.5. The van der Waals surface area contributed by atoms with Gasteiger partial charge in [-0.25, -0.2) is 9.98 Å². The Labute approximate surface area is 260 Å². The molecule has 0 saturated heterocycles. The molecule has 0 fully saturated rings. The molecule has 3 N–H and O–H groups in total. The molecule has 0 aliphatic carbocycles. The van der Waals surface area contributed by atoms with Gasteiger partial charge in [-0.05, 0) is 0 Å². The predicted octanol–water partition coefficient (Wildman–Crippen LogP) is 6.26. The van der Waals surface area contributed by atoms with Crippen LogP contribution >= 0.6 is 6.91 Å². The van der Waals surface area contributed by atoms with E-state index in [1.165, 1.54) is 0 Å². The summed E-state index contributed by atoms with van der Waals surface area (Å²) in [6.45, 7) is -3.50. The first-order valence-electron chi connectivity index (χ1n) is 15.4. The monoisotopic (exact) mass is 611 g/mol. The molecule has 5 rings (SSSR count). The van der Waals surface area contributed by atoms with Crippen molar-refractivity contribution >= 4 is 34.7 Å². The minimum atomic E-state index is -4.14. The van der Waals surface area contributed by atoms with Crippen LogP contribution in [0.3, 0.4) is 0 Å². The van der Waals surface area contributed by atoms with Crippen LogP contribution in [0.1, 0.15) is 43.8 Å². The number of hydrogen-bond acceptors (Lipinski definition) is 6. The molecule has 0 radical (unpaired) electrons. The van der Waals surface area contributed by atoms with Crippen molar-refractivity contribution < 1.29 is 8.93 Å². The van der Waals surface area contributed by atoms with Crippen LogP contribution in [0, 0.1) is 0 Å². The van der Waals surface area contributed by atoms with Gasteiger partial charge in [-0.2, -0.15) is 0 Å². The van der Waals surface area contributed by atoms with Gasteiger partial charge >= 0.3 is 203 Å². The Balaban J connectivity index is 1.15. The summed E-state index contributed by atoms with van der Waals surface area (Å²) >= 11 is 0. The molecule has 0 spiro atoms. The number of ether oxygens (including phenoxy) is 1. The van der Waals surface area contributed by atoms with Crippen molar-refractivity contribution in [1.82, 2.24) is 10.2 Å². The van der Waals surface area contributed by atoms with E-state index in [0.717, 1.165) is 59.3 Å². The van der Waals surface area contributed by atoms with E-state index in [1.807, 2.05) is 134 Å². The number of nitrogens with one attached hydrogen (secondary N) is 1. The van der Waals surface area contributed by atoms with Gasteiger partial charge in [0.25, 0.3) is 0 Å². The zero-order chi connectivity index (χ0) is 30.9. The van der Waals surface area contributed by atoms with Gasteiger partial charge in [0, 0.05) is 14.1 Å². The van der Waals surface area contributed by atoms with Gasteiger partial charge in [-0.3, -0.25) is 5.32 Å². The van der Waals surface area contributed by atoms with Crippen molar-refractivity contribution in [2.75, 3.05) is 26.9 Å². The number of hydrogen-bond donors (Lipinski definition) is 2. The molecule has 1 unspecified atom stereocenters. The summed E-state index contributed by atoms with van der Waals surface area (Å²) in [7, 11) is 3.82. The fraction of sp³-hybridized carbons (Fsp3) is 0.278. The van der Waals surface area contributed by atoms with Crippen molar-refractivity contribution in [3.8, 4) is 5.75 Å². The van der Waals surface area contributed by atoms with Crippen LogP contribution in [0.5, 0.6) is 5.75 Å². The van der Waals surface area contributed by atoms with Gasteiger partial charge in [-0.15, -0.1) is 0 Å². The molecule has 1 heterocycles. The molecule has 1 atom stereocenters. The Morgan fingerprint density at radius 2 is 1.20 bits per heavy atom. The van der Waals surface area contributed by atoms with Crippen LogP contribution in [0.2, 0.25) is 0 Å². The van der Waals surface area contributed by atoms with E-state index >= 15 is 4.20 Å². The van der Waals surface area contributed by atoms with E-state index < -0.39 is 6.91 Å². The van der Waals surface area contributed by atoms with E-state index in [4.69, 9.17) is 10.5 Å². The fourth-order valence-electron chi connectivity index (χ4n) is 5.85. The quantitative estimate of drug-likeness (QED) is 0.138. The summed E-state index contributed by atoms with van der Waals surface area (Å²) in [5.41, 5.74) is 6.89. The number of benzene rings is 4. The van der Waals surface area contributed by atoms with Crippen molar-refractivity contribution in [3.63, 3.8) is 0 Å². The number of halogens is 1. The largest absolute Gasteiger partial charge is 0.370 e. The first-order valence-corrected chi connectivity index (χ1v) is 17.7. The normalized spacial score (nSPS) is 15.7. The van der Waals surface area contributed by atoms with Gasteiger partial charge in [0.05, 0.1) is 0 Å². The van der Waals surface area contributed by atoms with Crippen LogP contribution in [0.4, 0.5) is 4.20 Å². The SMILES string of the molecule is CN(C)C1=NC(c2ccc(OCCCCCCCP(F)(c3ccccc3)(c3ccccc3)c3ccccc3)cc2)N=C(N)N1. The third kappa shape index (κ3) is 6.79. The molecule has 4 aromatic carbocycles. The molecule has 0 aromatic heterocycles. The summed E-state index contributed by atoms with van der Waals surface area (Å²) < 4.78 is 24.5. The molecule has 4 aromatic rings. The fourth-order valence-corrected chi connectivity index (χ4v) is 10.7. The minimum absolute atomic E-state index is 0.351. The van der Waals surface area contributed by atoms with E-state index in [1.54, 1.807) is 0 Å². The van der Waals surface area contributed by atoms with Crippen molar-refractivity contribution in [2.45, 2.75) is 38.3 Å². The Kier molecular flexibility index (Phi) is 9.96. The molecule has 1 aliphatic heterocycles. The van der Waals surface area contributed by atoms with E-state index in [9.17, 15) is 0 Å². The average molecular weight is 612 g/mol. The summed E-state index contributed by atoms with van der Waals surface area (Å²) in [6.07, 6.45) is 4.93. The van der Waals surface area contributed by atoms with Crippen molar-refractivity contribution in [2.24, 2.45) is 15.7 Å². The van der Waals surface area contributed by atoms with Gasteiger partial charge in [0.1, 0.15) is 0 Å². The number of nitrogens with two attached hydrogens (primary N) is 1. The maximum atomic E-state index is 18.5. The van der Waals surface area contributed by atoms with Gasteiger partial charge < -0.3 is 10.6 Å². The zero-order valence-corrected chi connectivity index (χ0v) is 26.5. The van der Waals surface area contributed by atoms with E-state index in [2.05, 4.69) is 15.3 Å². The standard InChI is InChI=1S/C36H43FN5OP/c1-42(2)36-40-34(39-35(38)41-36)29-23-25-30(26-24-29)43-27-15-4-3-5-16-28-44(37,31-17-9-6-10-18-31,32-19-11-7-12-20-32)33-21-13-8-14-22-33/h6-14,17-26,34H,3-5,15-16,27-28H2,1-2H3,(H3,38,39,40,41). The summed E-state index contributed by atoms with van der Waals surface area (Å²) in [5, 5.41) is 5.38. The maximum Gasteiger partial charge on any atom is 0.197 e. The predicted molar refractivity (Wildman–Crippen MR) is 185 cm³/mol. The van der Waals surface area contributed by atoms with Gasteiger partial charge in [-0.1, -0.05) is 0 Å². The third-order valence-corrected chi connectivity index (χ3v) is 13.5. The van der Waals surface area contributed by atoms with Crippen LogP contribution in [0.15, 0.2) is 125 Å². The second-order valence-electron chi connectivity index (χ2n) is 11.5. The molecule has 1 aliphatic rings. The Hall–Kier alpha value is -4.22. The minimum Gasteiger partial charge on any atom is -0.370 e. The van der Waals surface area contributed by atoms with Gasteiger partial charge in [0.2, 0.25) is 5.96 Å².